The summed E-state index contributed by atoms with van der Waals surface area (Å²) in [6.07, 6.45) is 0.692. The molecule has 1 unspecified atom stereocenters. The Hall–Kier alpha value is -0.470. The molecule has 0 bridgehead atoms. The highest BCUT2D eigenvalue weighted by Gasteiger charge is 2.25. The maximum absolute atomic E-state index is 12.0. The van der Waals surface area contributed by atoms with Crippen LogP contribution in [0.5, 0.6) is 0 Å². The minimum Gasteiger partial charge on any atom is -0.391 e. The highest BCUT2D eigenvalue weighted by Crippen LogP contribution is 2.22. The zero-order chi connectivity index (χ0) is 11.6. The number of nitrogens with one attached hydrogen (secondary N) is 1. The van der Waals surface area contributed by atoms with Gasteiger partial charge in [0.1, 0.15) is 0 Å². The van der Waals surface area contributed by atoms with Crippen LogP contribution in [-0.2, 0) is 21.4 Å². The molecule has 1 aliphatic rings. The van der Waals surface area contributed by atoms with Crippen LogP contribution in [0, 0.1) is 0 Å². The fourth-order valence-corrected chi connectivity index (χ4v) is 4.14. The molecule has 2 rings (SSSR count). The fourth-order valence-electron chi connectivity index (χ4n) is 1.59. The Morgan fingerprint density at radius 1 is 1.62 bits per heavy atom. The van der Waals surface area contributed by atoms with Crippen molar-refractivity contribution in [2.45, 2.75) is 24.0 Å². The summed E-state index contributed by atoms with van der Waals surface area (Å²) < 4.78 is 31.6. The molecule has 5 nitrogen and oxygen atoms in total. The predicted octanol–water partition coefficient (Wildman–Crippen LogP) is 0.308. The van der Waals surface area contributed by atoms with Crippen molar-refractivity contribution in [1.29, 1.82) is 0 Å². The average molecular weight is 263 g/mol. The third-order valence-corrected chi connectivity index (χ3v) is 5.03. The van der Waals surface area contributed by atoms with Gasteiger partial charge in [-0.25, -0.2) is 13.1 Å². The number of aliphatic hydroxyl groups excluding tert-OH is 1. The van der Waals surface area contributed by atoms with E-state index in [9.17, 15) is 8.42 Å². The van der Waals surface area contributed by atoms with E-state index in [0.717, 1.165) is 0 Å². The van der Waals surface area contributed by atoms with Gasteiger partial charge in [-0.1, -0.05) is 0 Å². The third kappa shape index (κ3) is 2.44. The van der Waals surface area contributed by atoms with Crippen molar-refractivity contribution in [1.82, 2.24) is 4.72 Å². The molecule has 2 N–H and O–H groups in total. The molecule has 16 heavy (non-hydrogen) atoms. The van der Waals surface area contributed by atoms with Gasteiger partial charge >= 0.3 is 0 Å². The minimum atomic E-state index is -3.52. The first-order chi connectivity index (χ1) is 7.63. The van der Waals surface area contributed by atoms with Crippen LogP contribution in [0.2, 0.25) is 0 Å². The van der Waals surface area contributed by atoms with Crippen LogP contribution in [0.3, 0.4) is 0 Å². The number of ether oxygens (including phenoxy) is 1. The molecule has 0 spiro atoms. The number of aliphatic hydroxyl groups is 1. The van der Waals surface area contributed by atoms with Gasteiger partial charge < -0.3 is 9.84 Å². The summed E-state index contributed by atoms with van der Waals surface area (Å²) in [5, 5.41) is 10.7. The van der Waals surface area contributed by atoms with Crippen molar-refractivity contribution in [3.63, 3.8) is 0 Å². The Morgan fingerprint density at radius 2 is 2.44 bits per heavy atom. The van der Waals surface area contributed by atoms with Crippen molar-refractivity contribution in [3.8, 4) is 0 Å². The SMILES string of the molecule is O=S(=O)(NC1CCOC1)c1ccsc1CO. The lowest BCUT2D eigenvalue weighted by atomic mass is 10.3. The van der Waals surface area contributed by atoms with Crippen LogP contribution in [0.15, 0.2) is 16.3 Å². The van der Waals surface area contributed by atoms with E-state index < -0.39 is 10.0 Å². The number of rotatable bonds is 4. The second-order valence-corrected chi connectivity index (χ2v) is 6.23. The van der Waals surface area contributed by atoms with Gasteiger partial charge in [0.25, 0.3) is 0 Å². The predicted molar refractivity (Wildman–Crippen MR) is 59.8 cm³/mol. The molecule has 2 heterocycles. The molecule has 1 aliphatic heterocycles. The lowest BCUT2D eigenvalue weighted by Gasteiger charge is -2.11. The smallest absolute Gasteiger partial charge is 0.242 e. The fraction of sp³-hybridized carbons (Fsp3) is 0.556. The van der Waals surface area contributed by atoms with Crippen molar-refractivity contribution in [3.05, 3.63) is 16.3 Å². The lowest BCUT2D eigenvalue weighted by molar-refractivity contribution is 0.192. The summed E-state index contributed by atoms with van der Waals surface area (Å²) in [6.45, 7) is 0.747. The first-order valence-electron chi connectivity index (χ1n) is 4.91. The van der Waals surface area contributed by atoms with Crippen LogP contribution in [-0.4, -0.2) is 32.8 Å². The number of thiophene rings is 1. The molecule has 0 saturated carbocycles. The molecule has 1 saturated heterocycles. The maximum Gasteiger partial charge on any atom is 0.242 e. The van der Waals surface area contributed by atoms with E-state index in [0.29, 0.717) is 24.5 Å². The minimum absolute atomic E-state index is 0.156. The summed E-state index contributed by atoms with van der Waals surface area (Å²) in [4.78, 5) is 0.637. The van der Waals surface area contributed by atoms with E-state index in [-0.39, 0.29) is 17.5 Å². The highest BCUT2D eigenvalue weighted by atomic mass is 32.2. The van der Waals surface area contributed by atoms with Crippen molar-refractivity contribution in [2.24, 2.45) is 0 Å². The van der Waals surface area contributed by atoms with Crippen LogP contribution < -0.4 is 4.72 Å². The summed E-state index contributed by atoms with van der Waals surface area (Å²) in [5.41, 5.74) is 0. The van der Waals surface area contributed by atoms with Crippen molar-refractivity contribution in [2.75, 3.05) is 13.2 Å². The molecule has 1 fully saturated rings. The van der Waals surface area contributed by atoms with Crippen molar-refractivity contribution < 1.29 is 18.3 Å². The Labute approximate surface area is 98.1 Å². The van der Waals surface area contributed by atoms with Crippen LogP contribution in [0.1, 0.15) is 11.3 Å². The van der Waals surface area contributed by atoms with Crippen molar-refractivity contribution >= 4 is 21.4 Å². The molecule has 7 heteroatoms. The molecule has 0 radical (unpaired) electrons. The second-order valence-electron chi connectivity index (χ2n) is 3.55. The molecule has 1 aromatic rings. The van der Waals surface area contributed by atoms with Gasteiger partial charge in [0.05, 0.1) is 18.1 Å². The molecular formula is C9H13NO4S2. The van der Waals surface area contributed by atoms with Gasteiger partial charge in [0.15, 0.2) is 0 Å². The van der Waals surface area contributed by atoms with E-state index >= 15 is 0 Å². The van der Waals surface area contributed by atoms with E-state index in [1.807, 2.05) is 0 Å². The summed E-state index contributed by atoms with van der Waals surface area (Å²) >= 11 is 1.23. The number of hydrogen-bond acceptors (Lipinski definition) is 5. The van der Waals surface area contributed by atoms with E-state index in [1.165, 1.54) is 17.4 Å². The molecule has 0 aliphatic carbocycles. The van der Waals surface area contributed by atoms with Gasteiger partial charge in [-0.3, -0.25) is 0 Å². The second kappa shape index (κ2) is 4.80. The van der Waals surface area contributed by atoms with Crippen LogP contribution >= 0.6 is 11.3 Å². The maximum atomic E-state index is 12.0. The first-order valence-corrected chi connectivity index (χ1v) is 7.27. The molecule has 90 valence electrons. The lowest BCUT2D eigenvalue weighted by Crippen LogP contribution is -2.35. The van der Waals surface area contributed by atoms with E-state index in [4.69, 9.17) is 9.84 Å². The number of sulfonamides is 1. The average Bonchev–Trinajstić information content (AvgIpc) is 2.85. The Morgan fingerprint density at radius 3 is 3.06 bits per heavy atom. The highest BCUT2D eigenvalue weighted by molar-refractivity contribution is 7.89. The topological polar surface area (TPSA) is 75.6 Å². The van der Waals surface area contributed by atoms with Gasteiger partial charge in [-0.05, 0) is 17.9 Å². The first kappa shape index (κ1) is 12.0. The zero-order valence-electron chi connectivity index (χ0n) is 8.55. The molecule has 0 aromatic carbocycles. The Kier molecular flexibility index (Phi) is 3.60. The summed E-state index contributed by atoms with van der Waals surface area (Å²) in [6, 6.07) is 1.35. The summed E-state index contributed by atoms with van der Waals surface area (Å²) in [5.74, 6) is 0. The largest absolute Gasteiger partial charge is 0.391 e. The quantitative estimate of drug-likeness (QED) is 0.819. The van der Waals surface area contributed by atoms with E-state index in [2.05, 4.69) is 4.72 Å². The normalized spacial score (nSPS) is 21.4. The standard InChI is InChI=1S/C9H13NO4S2/c11-5-8-9(2-4-15-8)16(12,13)10-7-1-3-14-6-7/h2,4,7,10-11H,1,3,5-6H2. The van der Waals surface area contributed by atoms with Gasteiger partial charge in [-0.15, -0.1) is 11.3 Å². The number of hydrogen-bond donors (Lipinski definition) is 2. The van der Waals surface area contributed by atoms with Gasteiger partial charge in [0.2, 0.25) is 10.0 Å². The third-order valence-electron chi connectivity index (χ3n) is 2.39. The van der Waals surface area contributed by atoms with Gasteiger partial charge in [-0.2, -0.15) is 0 Å². The summed E-state index contributed by atoms with van der Waals surface area (Å²) in [7, 11) is -3.52. The van der Waals surface area contributed by atoms with Gasteiger partial charge in [0, 0.05) is 17.5 Å². The molecule has 1 atom stereocenters. The Bertz CT molecular complexity index is 448. The van der Waals surface area contributed by atoms with E-state index in [1.54, 1.807) is 5.38 Å². The monoisotopic (exact) mass is 263 g/mol. The molecule has 1 aromatic heterocycles. The van der Waals surface area contributed by atoms with Crippen LogP contribution in [0.4, 0.5) is 0 Å². The zero-order valence-corrected chi connectivity index (χ0v) is 10.2. The molecular weight excluding hydrogens is 250 g/mol. The Balaban J connectivity index is 2.18. The van der Waals surface area contributed by atoms with Crippen LogP contribution in [0.25, 0.3) is 0 Å². The molecule has 0 amide bonds.